The van der Waals surface area contributed by atoms with Crippen LogP contribution < -0.4 is 10.6 Å². The third-order valence-electron chi connectivity index (χ3n) is 2.83. The van der Waals surface area contributed by atoms with Gasteiger partial charge in [0.2, 0.25) is 0 Å². The molecular formula is C8H16N2. The number of hydrogen-bond acceptors (Lipinski definition) is 2. The summed E-state index contributed by atoms with van der Waals surface area (Å²) in [5.74, 6) is 0. The van der Waals surface area contributed by atoms with Crippen LogP contribution in [0.5, 0.6) is 0 Å². The maximum absolute atomic E-state index is 3.64. The summed E-state index contributed by atoms with van der Waals surface area (Å²) in [6.45, 7) is 3.46. The summed E-state index contributed by atoms with van der Waals surface area (Å²) in [5, 5.41) is 7.20. The molecule has 58 valence electrons. The number of piperidine rings is 2. The van der Waals surface area contributed by atoms with Crippen molar-refractivity contribution in [2.75, 3.05) is 6.54 Å². The van der Waals surface area contributed by atoms with Crippen LogP contribution in [0, 0.1) is 0 Å². The quantitative estimate of drug-likeness (QED) is 0.554. The molecule has 3 aliphatic heterocycles. The van der Waals surface area contributed by atoms with E-state index in [1.54, 1.807) is 0 Å². The van der Waals surface area contributed by atoms with Crippen molar-refractivity contribution in [3.63, 3.8) is 0 Å². The highest BCUT2D eigenvalue weighted by molar-refractivity contribution is 4.96. The summed E-state index contributed by atoms with van der Waals surface area (Å²) in [6, 6.07) is 2.30. The first kappa shape index (κ1) is 6.62. The van der Waals surface area contributed by atoms with Crippen LogP contribution in [0.3, 0.4) is 0 Å². The average molecular weight is 140 g/mol. The van der Waals surface area contributed by atoms with Gasteiger partial charge in [-0.15, -0.1) is 0 Å². The van der Waals surface area contributed by atoms with Crippen LogP contribution in [-0.2, 0) is 0 Å². The van der Waals surface area contributed by atoms with E-state index >= 15 is 0 Å². The van der Waals surface area contributed by atoms with Crippen LogP contribution in [0.4, 0.5) is 0 Å². The Hall–Kier alpha value is -0.0800. The minimum absolute atomic E-state index is 0.757. The van der Waals surface area contributed by atoms with Crippen molar-refractivity contribution in [2.45, 2.75) is 44.3 Å². The van der Waals surface area contributed by atoms with Gasteiger partial charge in [-0.2, -0.15) is 0 Å². The van der Waals surface area contributed by atoms with Crippen LogP contribution in [0.15, 0.2) is 0 Å². The topological polar surface area (TPSA) is 24.1 Å². The van der Waals surface area contributed by atoms with Crippen LogP contribution in [-0.4, -0.2) is 24.7 Å². The van der Waals surface area contributed by atoms with Crippen molar-refractivity contribution in [3.05, 3.63) is 0 Å². The summed E-state index contributed by atoms with van der Waals surface area (Å²) >= 11 is 0. The molecule has 0 aromatic rings. The molecule has 2 bridgehead atoms. The number of nitrogens with one attached hydrogen (secondary N) is 2. The Morgan fingerprint density at radius 1 is 1.40 bits per heavy atom. The van der Waals surface area contributed by atoms with Gasteiger partial charge in [0, 0.05) is 24.7 Å². The van der Waals surface area contributed by atoms with Crippen LogP contribution in [0.1, 0.15) is 26.2 Å². The molecule has 0 radical (unpaired) electrons. The van der Waals surface area contributed by atoms with E-state index in [9.17, 15) is 0 Å². The second-order valence-corrected chi connectivity index (χ2v) is 3.47. The molecule has 0 aliphatic carbocycles. The third-order valence-corrected chi connectivity index (χ3v) is 2.83. The standard InChI is InChI=1S/C8H16N2/c1-2-7-8-4-3-6(10-7)5-9-8/h6-10H,2-5H2,1H3. The summed E-state index contributed by atoms with van der Waals surface area (Å²) in [5.41, 5.74) is 0. The minimum Gasteiger partial charge on any atom is -0.311 e. The Labute approximate surface area is 62.4 Å². The number of rotatable bonds is 1. The summed E-state index contributed by atoms with van der Waals surface area (Å²) in [7, 11) is 0. The van der Waals surface area contributed by atoms with E-state index in [1.165, 1.54) is 25.8 Å². The second-order valence-electron chi connectivity index (χ2n) is 3.47. The molecule has 2 nitrogen and oxygen atoms in total. The predicted molar refractivity (Wildman–Crippen MR) is 42.0 cm³/mol. The highest BCUT2D eigenvalue weighted by Crippen LogP contribution is 2.19. The summed E-state index contributed by atoms with van der Waals surface area (Å²) in [4.78, 5) is 0. The van der Waals surface area contributed by atoms with Crippen molar-refractivity contribution in [1.82, 2.24) is 10.6 Å². The fourth-order valence-corrected chi connectivity index (χ4v) is 2.19. The molecule has 0 saturated carbocycles. The SMILES string of the molecule is CCC1NC2CCC1NC2. The van der Waals surface area contributed by atoms with Crippen molar-refractivity contribution in [2.24, 2.45) is 0 Å². The maximum Gasteiger partial charge on any atom is 0.0222 e. The highest BCUT2D eigenvalue weighted by Gasteiger charge is 2.32. The Morgan fingerprint density at radius 3 is 2.60 bits per heavy atom. The largest absolute Gasteiger partial charge is 0.311 e. The lowest BCUT2D eigenvalue weighted by molar-refractivity contribution is 0.183. The second kappa shape index (κ2) is 2.51. The number of piperazine rings is 1. The summed E-state index contributed by atoms with van der Waals surface area (Å²) in [6.07, 6.45) is 4.04. The lowest BCUT2D eigenvalue weighted by atomic mass is 9.88. The molecule has 0 amide bonds. The zero-order valence-corrected chi connectivity index (χ0v) is 6.56. The van der Waals surface area contributed by atoms with E-state index in [0.29, 0.717) is 0 Å². The van der Waals surface area contributed by atoms with Gasteiger partial charge in [-0.3, -0.25) is 0 Å². The Kier molecular flexibility index (Phi) is 1.66. The van der Waals surface area contributed by atoms with Crippen LogP contribution in [0.2, 0.25) is 0 Å². The van der Waals surface area contributed by atoms with Crippen molar-refractivity contribution >= 4 is 0 Å². The number of fused-ring (bicyclic) bond motifs is 3. The molecule has 0 spiro atoms. The lowest BCUT2D eigenvalue weighted by Crippen LogP contribution is -2.64. The monoisotopic (exact) mass is 140 g/mol. The fraction of sp³-hybridized carbons (Fsp3) is 1.00. The Bertz CT molecular complexity index is 116. The first-order valence-corrected chi connectivity index (χ1v) is 4.39. The molecule has 3 rings (SSSR count). The van der Waals surface area contributed by atoms with Gasteiger partial charge in [0.1, 0.15) is 0 Å². The zero-order valence-electron chi connectivity index (χ0n) is 6.56. The van der Waals surface area contributed by atoms with Crippen LogP contribution in [0.25, 0.3) is 0 Å². The van der Waals surface area contributed by atoms with Gasteiger partial charge in [0.25, 0.3) is 0 Å². The van der Waals surface area contributed by atoms with Gasteiger partial charge in [-0.25, -0.2) is 0 Å². The minimum atomic E-state index is 0.757. The maximum atomic E-state index is 3.64. The molecule has 3 atom stereocenters. The van der Waals surface area contributed by atoms with Gasteiger partial charge < -0.3 is 10.6 Å². The smallest absolute Gasteiger partial charge is 0.0222 e. The molecule has 2 heteroatoms. The van der Waals surface area contributed by atoms with Gasteiger partial charge in [-0.05, 0) is 19.3 Å². The molecule has 3 aliphatic rings. The molecule has 3 saturated heterocycles. The van der Waals surface area contributed by atoms with Crippen molar-refractivity contribution in [3.8, 4) is 0 Å². The fourth-order valence-electron chi connectivity index (χ4n) is 2.19. The van der Waals surface area contributed by atoms with Crippen LogP contribution >= 0.6 is 0 Å². The number of hydrogen-bond donors (Lipinski definition) is 2. The first-order valence-electron chi connectivity index (χ1n) is 4.39. The predicted octanol–water partition coefficient (Wildman–Crippen LogP) is 0.489. The average Bonchev–Trinajstić information content (AvgIpc) is 2.06. The molecule has 3 heterocycles. The molecule has 10 heavy (non-hydrogen) atoms. The van der Waals surface area contributed by atoms with E-state index in [4.69, 9.17) is 0 Å². The highest BCUT2D eigenvalue weighted by atomic mass is 15.1. The van der Waals surface area contributed by atoms with E-state index in [1.807, 2.05) is 0 Å². The molecule has 3 unspecified atom stereocenters. The normalized spacial score (nSPS) is 45.9. The molecule has 2 N–H and O–H groups in total. The Morgan fingerprint density at radius 2 is 2.30 bits per heavy atom. The lowest BCUT2D eigenvalue weighted by Gasteiger charge is -2.44. The molecule has 3 fully saturated rings. The first-order chi connectivity index (χ1) is 4.90. The third kappa shape index (κ3) is 0.956. The van der Waals surface area contributed by atoms with Gasteiger partial charge >= 0.3 is 0 Å². The van der Waals surface area contributed by atoms with E-state index in [0.717, 1.165) is 18.1 Å². The van der Waals surface area contributed by atoms with E-state index in [-0.39, 0.29) is 0 Å². The summed E-state index contributed by atoms with van der Waals surface area (Å²) < 4.78 is 0. The molecule has 0 aromatic carbocycles. The Balaban J connectivity index is 2.01. The van der Waals surface area contributed by atoms with Gasteiger partial charge in [0.15, 0.2) is 0 Å². The molecular weight excluding hydrogens is 124 g/mol. The van der Waals surface area contributed by atoms with E-state index in [2.05, 4.69) is 17.6 Å². The van der Waals surface area contributed by atoms with Crippen molar-refractivity contribution < 1.29 is 0 Å². The van der Waals surface area contributed by atoms with E-state index < -0.39 is 0 Å². The van der Waals surface area contributed by atoms with Gasteiger partial charge in [-0.1, -0.05) is 6.92 Å². The molecule has 0 aromatic heterocycles. The zero-order chi connectivity index (χ0) is 6.97. The van der Waals surface area contributed by atoms with Gasteiger partial charge in [0.05, 0.1) is 0 Å². The van der Waals surface area contributed by atoms with Crippen molar-refractivity contribution in [1.29, 1.82) is 0 Å².